The first-order chi connectivity index (χ1) is 10.1. The van der Waals surface area contributed by atoms with Crippen molar-refractivity contribution in [3.63, 3.8) is 0 Å². The fourth-order valence-corrected chi connectivity index (χ4v) is 2.31. The van der Waals surface area contributed by atoms with Gasteiger partial charge >= 0.3 is 0 Å². The molecule has 0 saturated carbocycles. The number of pyridine rings is 1. The monoisotopic (exact) mass is 283 g/mol. The molecule has 0 aliphatic carbocycles. The van der Waals surface area contributed by atoms with Gasteiger partial charge in [-0.2, -0.15) is 0 Å². The van der Waals surface area contributed by atoms with Crippen molar-refractivity contribution < 1.29 is 4.79 Å². The van der Waals surface area contributed by atoms with Crippen LogP contribution in [-0.4, -0.2) is 17.4 Å². The van der Waals surface area contributed by atoms with Crippen LogP contribution < -0.4 is 10.6 Å². The lowest BCUT2D eigenvalue weighted by molar-refractivity contribution is 0.102. The number of hydrogen-bond acceptors (Lipinski definition) is 3. The van der Waals surface area contributed by atoms with Crippen molar-refractivity contribution in [3.05, 3.63) is 59.4 Å². The van der Waals surface area contributed by atoms with Crippen LogP contribution in [0.3, 0.4) is 0 Å². The second kappa shape index (κ2) is 6.99. The van der Waals surface area contributed by atoms with Crippen LogP contribution in [0.5, 0.6) is 0 Å². The third-order valence-corrected chi connectivity index (χ3v) is 3.41. The van der Waals surface area contributed by atoms with E-state index in [2.05, 4.69) is 29.5 Å². The lowest BCUT2D eigenvalue weighted by atomic mass is 10.1. The van der Waals surface area contributed by atoms with E-state index >= 15 is 0 Å². The van der Waals surface area contributed by atoms with Crippen LogP contribution in [0.15, 0.2) is 42.6 Å². The fourth-order valence-electron chi connectivity index (χ4n) is 2.31. The second-order valence-electron chi connectivity index (χ2n) is 4.99. The average Bonchev–Trinajstić information content (AvgIpc) is 2.48. The Morgan fingerprint density at radius 3 is 2.71 bits per heavy atom. The van der Waals surface area contributed by atoms with Gasteiger partial charge in [-0.1, -0.05) is 31.2 Å². The topological polar surface area (TPSA) is 54.0 Å². The smallest absolute Gasteiger partial charge is 0.274 e. The van der Waals surface area contributed by atoms with Gasteiger partial charge in [0.2, 0.25) is 0 Å². The normalized spacial score (nSPS) is 12.0. The SMILES string of the molecule is CCNC(C)c1ccccc1NC(=O)c1ncccc1C. The first-order valence-electron chi connectivity index (χ1n) is 7.18. The molecule has 110 valence electrons. The van der Waals surface area contributed by atoms with Gasteiger partial charge in [0.25, 0.3) is 5.91 Å². The number of carbonyl (C=O) groups is 1. The van der Waals surface area contributed by atoms with Crippen LogP contribution in [0.4, 0.5) is 5.69 Å². The summed E-state index contributed by atoms with van der Waals surface area (Å²) >= 11 is 0. The van der Waals surface area contributed by atoms with Crippen LogP contribution in [0.2, 0.25) is 0 Å². The summed E-state index contributed by atoms with van der Waals surface area (Å²) < 4.78 is 0. The molecule has 2 aromatic rings. The minimum absolute atomic E-state index is 0.177. The molecule has 4 heteroatoms. The summed E-state index contributed by atoms with van der Waals surface area (Å²) in [4.78, 5) is 16.5. The number of benzene rings is 1. The van der Waals surface area contributed by atoms with Gasteiger partial charge < -0.3 is 10.6 Å². The highest BCUT2D eigenvalue weighted by Crippen LogP contribution is 2.23. The van der Waals surface area contributed by atoms with Crippen LogP contribution in [0.1, 0.15) is 41.5 Å². The maximum Gasteiger partial charge on any atom is 0.274 e. The van der Waals surface area contributed by atoms with Gasteiger partial charge in [-0.15, -0.1) is 0 Å². The maximum atomic E-state index is 12.4. The largest absolute Gasteiger partial charge is 0.320 e. The van der Waals surface area contributed by atoms with E-state index < -0.39 is 0 Å². The third-order valence-electron chi connectivity index (χ3n) is 3.41. The Labute approximate surface area is 125 Å². The molecule has 0 aliphatic heterocycles. The van der Waals surface area contributed by atoms with Crippen molar-refractivity contribution in [3.8, 4) is 0 Å². The van der Waals surface area contributed by atoms with Crippen molar-refractivity contribution in [2.45, 2.75) is 26.8 Å². The molecule has 21 heavy (non-hydrogen) atoms. The summed E-state index contributed by atoms with van der Waals surface area (Å²) in [7, 11) is 0. The molecule has 1 amide bonds. The highest BCUT2D eigenvalue weighted by Gasteiger charge is 2.14. The van der Waals surface area contributed by atoms with Crippen molar-refractivity contribution in [1.82, 2.24) is 10.3 Å². The molecule has 0 spiro atoms. The molecule has 0 bridgehead atoms. The molecule has 1 aromatic carbocycles. The lowest BCUT2D eigenvalue weighted by Gasteiger charge is -2.17. The summed E-state index contributed by atoms with van der Waals surface area (Å²) in [6.07, 6.45) is 1.63. The number of carbonyl (C=O) groups excluding carboxylic acids is 1. The Kier molecular flexibility index (Phi) is 5.06. The number of rotatable bonds is 5. The highest BCUT2D eigenvalue weighted by molar-refractivity contribution is 6.04. The van der Waals surface area contributed by atoms with Gasteiger partial charge in [0.05, 0.1) is 0 Å². The number of amides is 1. The van der Waals surface area contributed by atoms with E-state index in [4.69, 9.17) is 0 Å². The zero-order chi connectivity index (χ0) is 15.2. The van der Waals surface area contributed by atoms with E-state index in [-0.39, 0.29) is 11.9 Å². The Hall–Kier alpha value is -2.20. The average molecular weight is 283 g/mol. The van der Waals surface area contributed by atoms with Crippen LogP contribution in [0.25, 0.3) is 0 Å². The Bertz CT molecular complexity index is 625. The summed E-state index contributed by atoms with van der Waals surface area (Å²) in [6.45, 7) is 6.91. The highest BCUT2D eigenvalue weighted by atomic mass is 16.1. The van der Waals surface area contributed by atoms with Gasteiger partial charge in [-0.3, -0.25) is 9.78 Å². The predicted octanol–water partition coefficient (Wildman–Crippen LogP) is 3.31. The Morgan fingerprint density at radius 2 is 2.00 bits per heavy atom. The lowest BCUT2D eigenvalue weighted by Crippen LogP contribution is -2.21. The summed E-state index contributed by atoms with van der Waals surface area (Å²) in [5.74, 6) is -0.177. The molecule has 1 unspecified atom stereocenters. The maximum absolute atomic E-state index is 12.4. The quantitative estimate of drug-likeness (QED) is 0.885. The third kappa shape index (κ3) is 3.67. The Morgan fingerprint density at radius 1 is 1.24 bits per heavy atom. The molecule has 1 atom stereocenters. The molecule has 2 N–H and O–H groups in total. The Balaban J connectivity index is 2.24. The van der Waals surface area contributed by atoms with Crippen LogP contribution in [0, 0.1) is 6.92 Å². The van der Waals surface area contributed by atoms with E-state index in [0.29, 0.717) is 5.69 Å². The van der Waals surface area contributed by atoms with Crippen molar-refractivity contribution in [2.24, 2.45) is 0 Å². The fraction of sp³-hybridized carbons (Fsp3) is 0.294. The molecule has 0 saturated heterocycles. The van der Waals surface area contributed by atoms with Crippen LogP contribution >= 0.6 is 0 Å². The molecule has 1 heterocycles. The zero-order valence-corrected chi connectivity index (χ0v) is 12.7. The molecule has 0 radical (unpaired) electrons. The molecule has 1 aromatic heterocycles. The van der Waals surface area contributed by atoms with E-state index in [9.17, 15) is 4.79 Å². The van der Waals surface area contributed by atoms with Crippen molar-refractivity contribution in [2.75, 3.05) is 11.9 Å². The minimum atomic E-state index is -0.177. The number of aromatic nitrogens is 1. The van der Waals surface area contributed by atoms with Crippen LogP contribution in [-0.2, 0) is 0 Å². The van der Waals surface area contributed by atoms with Gasteiger partial charge in [-0.25, -0.2) is 0 Å². The zero-order valence-electron chi connectivity index (χ0n) is 12.7. The molecular weight excluding hydrogens is 262 g/mol. The van der Waals surface area contributed by atoms with Gasteiger partial charge in [0.15, 0.2) is 0 Å². The first kappa shape index (κ1) is 15.2. The summed E-state index contributed by atoms with van der Waals surface area (Å²) in [5.41, 5.74) is 3.22. The predicted molar refractivity (Wildman–Crippen MR) is 85.5 cm³/mol. The number of hydrogen-bond donors (Lipinski definition) is 2. The molecular formula is C17H21N3O. The van der Waals surface area contributed by atoms with Gasteiger partial charge in [0, 0.05) is 17.9 Å². The van der Waals surface area contributed by atoms with Crippen molar-refractivity contribution in [1.29, 1.82) is 0 Å². The van der Waals surface area contributed by atoms with Gasteiger partial charge in [-0.05, 0) is 43.7 Å². The number of nitrogens with zero attached hydrogens (tertiary/aromatic N) is 1. The summed E-state index contributed by atoms with van der Waals surface area (Å²) in [6, 6.07) is 11.7. The van der Waals surface area contributed by atoms with E-state index in [1.807, 2.05) is 43.3 Å². The van der Waals surface area contributed by atoms with E-state index in [0.717, 1.165) is 23.4 Å². The molecule has 0 fully saturated rings. The van der Waals surface area contributed by atoms with E-state index in [1.54, 1.807) is 6.20 Å². The number of aryl methyl sites for hydroxylation is 1. The van der Waals surface area contributed by atoms with E-state index in [1.165, 1.54) is 0 Å². The molecule has 0 aliphatic rings. The number of anilines is 1. The number of para-hydroxylation sites is 1. The standard InChI is InChI=1S/C17H21N3O/c1-4-18-13(3)14-9-5-6-10-15(14)20-17(21)16-12(2)8-7-11-19-16/h5-11,13,18H,4H2,1-3H3,(H,20,21). The van der Waals surface area contributed by atoms with Gasteiger partial charge in [0.1, 0.15) is 5.69 Å². The molecule has 4 nitrogen and oxygen atoms in total. The van der Waals surface area contributed by atoms with Crippen molar-refractivity contribution >= 4 is 11.6 Å². The first-order valence-corrected chi connectivity index (χ1v) is 7.18. The minimum Gasteiger partial charge on any atom is -0.320 e. The number of nitrogens with one attached hydrogen (secondary N) is 2. The second-order valence-corrected chi connectivity index (χ2v) is 4.99. The molecule has 2 rings (SSSR count). The summed E-state index contributed by atoms with van der Waals surface area (Å²) in [5, 5.41) is 6.33.